The molecule has 76 valence electrons. The summed E-state index contributed by atoms with van der Waals surface area (Å²) in [5, 5.41) is 0. The van der Waals surface area contributed by atoms with E-state index in [4.69, 9.17) is 0 Å². The van der Waals surface area contributed by atoms with Gasteiger partial charge in [0.05, 0.1) is 7.11 Å². The lowest BCUT2D eigenvalue weighted by Crippen LogP contribution is -1.91. The maximum Gasteiger partial charge on any atom is 0.329 e. The monoisotopic (exact) mass is 192 g/mol. The molecule has 0 N–H and O–H groups in total. The molecule has 0 heterocycles. The summed E-state index contributed by atoms with van der Waals surface area (Å²) in [7, 11) is 1.31. The van der Waals surface area contributed by atoms with Crippen LogP contribution in [0.3, 0.4) is 0 Å². The van der Waals surface area contributed by atoms with Crippen LogP contribution < -0.4 is 0 Å². The van der Waals surface area contributed by atoms with Crippen molar-refractivity contribution in [1.82, 2.24) is 0 Å². The minimum absolute atomic E-state index is 0.394. The lowest BCUT2D eigenvalue weighted by atomic mass is 10.4. The van der Waals surface area contributed by atoms with Crippen molar-refractivity contribution in [2.75, 3.05) is 7.11 Å². The van der Waals surface area contributed by atoms with Gasteiger partial charge in [0.2, 0.25) is 0 Å². The second-order valence-electron chi connectivity index (χ2n) is 1.88. The number of carbonyl (C=O) groups excluding carboxylic acids is 1. The van der Waals surface area contributed by atoms with Crippen LogP contribution in [0.25, 0.3) is 0 Å². The van der Waals surface area contributed by atoms with Crippen LogP contribution in [-0.2, 0) is 9.53 Å². The molecule has 0 amide bonds. The van der Waals surface area contributed by atoms with E-state index in [1.165, 1.54) is 7.11 Å². The van der Waals surface area contributed by atoms with Crippen molar-refractivity contribution in [3.63, 3.8) is 0 Å². The largest absolute Gasteiger partial charge is 0.466 e. The van der Waals surface area contributed by atoms with Crippen LogP contribution in [0.4, 0.5) is 0 Å². The molecule has 0 fully saturated rings. The zero-order valence-corrected chi connectivity index (χ0v) is 8.48. The van der Waals surface area contributed by atoms with Gasteiger partial charge in [-0.3, -0.25) is 0 Å². The SMILES string of the molecule is C=C.C=CC(=O)OC.c1ccccc1. The van der Waals surface area contributed by atoms with Gasteiger partial charge >= 0.3 is 5.97 Å². The molecular formula is C12H16O2. The smallest absolute Gasteiger partial charge is 0.329 e. The molecule has 0 aliphatic heterocycles. The van der Waals surface area contributed by atoms with Crippen LogP contribution in [0.15, 0.2) is 62.2 Å². The minimum Gasteiger partial charge on any atom is -0.466 e. The summed E-state index contributed by atoms with van der Waals surface area (Å²) in [6.07, 6.45) is 1.11. The van der Waals surface area contributed by atoms with Gasteiger partial charge in [-0.2, -0.15) is 0 Å². The van der Waals surface area contributed by atoms with E-state index in [-0.39, 0.29) is 0 Å². The number of hydrogen-bond acceptors (Lipinski definition) is 2. The first-order valence-electron chi connectivity index (χ1n) is 4.01. The van der Waals surface area contributed by atoms with Crippen LogP contribution >= 0.6 is 0 Å². The van der Waals surface area contributed by atoms with Crippen molar-refractivity contribution in [2.24, 2.45) is 0 Å². The number of rotatable bonds is 1. The zero-order valence-electron chi connectivity index (χ0n) is 8.48. The molecule has 2 heteroatoms. The Morgan fingerprint density at radius 1 is 1.07 bits per heavy atom. The Morgan fingerprint density at radius 2 is 1.36 bits per heavy atom. The van der Waals surface area contributed by atoms with E-state index in [2.05, 4.69) is 24.5 Å². The topological polar surface area (TPSA) is 26.3 Å². The number of carbonyl (C=O) groups is 1. The van der Waals surface area contributed by atoms with Crippen molar-refractivity contribution in [3.05, 3.63) is 62.2 Å². The number of esters is 1. The summed E-state index contributed by atoms with van der Waals surface area (Å²) in [5.41, 5.74) is 0. The minimum atomic E-state index is -0.394. The standard InChI is InChI=1S/C6H6.C4H6O2.C2H4/c1-2-4-6-5-3-1;1-3-4(5)6-2;1-2/h1-6H;3H,1H2,2H3;1-2H2. The lowest BCUT2D eigenvalue weighted by molar-refractivity contribution is -0.134. The highest BCUT2D eigenvalue weighted by molar-refractivity contribution is 5.80. The van der Waals surface area contributed by atoms with E-state index in [9.17, 15) is 4.79 Å². The fourth-order valence-corrected chi connectivity index (χ4v) is 0.468. The van der Waals surface area contributed by atoms with E-state index < -0.39 is 5.97 Å². The second kappa shape index (κ2) is 13.7. The molecule has 0 aliphatic carbocycles. The van der Waals surface area contributed by atoms with Gasteiger partial charge in [0.1, 0.15) is 0 Å². The van der Waals surface area contributed by atoms with Crippen molar-refractivity contribution in [3.8, 4) is 0 Å². The Bertz CT molecular complexity index is 203. The Hall–Kier alpha value is -1.83. The van der Waals surface area contributed by atoms with Gasteiger partial charge in [-0.15, -0.1) is 13.2 Å². The van der Waals surface area contributed by atoms with E-state index in [0.29, 0.717) is 0 Å². The first-order chi connectivity index (χ1) is 6.81. The highest BCUT2D eigenvalue weighted by Crippen LogP contribution is 1.79. The molecule has 0 bridgehead atoms. The molecule has 0 aromatic heterocycles. The molecule has 14 heavy (non-hydrogen) atoms. The summed E-state index contributed by atoms with van der Waals surface area (Å²) in [6, 6.07) is 12.0. The van der Waals surface area contributed by atoms with Gasteiger partial charge in [-0.1, -0.05) is 43.0 Å². The molecular weight excluding hydrogens is 176 g/mol. The Labute approximate surface area is 85.5 Å². The van der Waals surface area contributed by atoms with Crippen LogP contribution in [0.5, 0.6) is 0 Å². The molecule has 0 unspecified atom stereocenters. The van der Waals surface area contributed by atoms with Crippen LogP contribution in [0, 0.1) is 0 Å². The third-order valence-electron chi connectivity index (χ3n) is 1.03. The van der Waals surface area contributed by atoms with E-state index >= 15 is 0 Å². The number of hydrogen-bond donors (Lipinski definition) is 0. The predicted molar refractivity (Wildman–Crippen MR) is 59.9 cm³/mol. The van der Waals surface area contributed by atoms with Crippen LogP contribution in [0.2, 0.25) is 0 Å². The molecule has 0 saturated carbocycles. The predicted octanol–water partition coefficient (Wildman–Crippen LogP) is 2.83. The van der Waals surface area contributed by atoms with Gasteiger partial charge < -0.3 is 4.74 Å². The van der Waals surface area contributed by atoms with E-state index in [0.717, 1.165) is 6.08 Å². The molecule has 1 rings (SSSR count). The number of ether oxygens (including phenoxy) is 1. The number of benzene rings is 1. The van der Waals surface area contributed by atoms with Crippen molar-refractivity contribution in [1.29, 1.82) is 0 Å². The van der Waals surface area contributed by atoms with Crippen molar-refractivity contribution in [2.45, 2.75) is 0 Å². The Kier molecular flexibility index (Phi) is 14.4. The molecule has 1 aromatic carbocycles. The number of methoxy groups -OCH3 is 1. The molecule has 0 saturated heterocycles. The van der Waals surface area contributed by atoms with Crippen molar-refractivity contribution < 1.29 is 9.53 Å². The summed E-state index contributed by atoms with van der Waals surface area (Å²) in [4.78, 5) is 9.84. The summed E-state index contributed by atoms with van der Waals surface area (Å²) in [6.45, 7) is 9.16. The molecule has 0 spiro atoms. The van der Waals surface area contributed by atoms with E-state index in [1.54, 1.807) is 0 Å². The van der Waals surface area contributed by atoms with Gasteiger partial charge in [-0.05, 0) is 0 Å². The van der Waals surface area contributed by atoms with Gasteiger partial charge in [0.25, 0.3) is 0 Å². The van der Waals surface area contributed by atoms with Crippen molar-refractivity contribution >= 4 is 5.97 Å². The van der Waals surface area contributed by atoms with Crippen LogP contribution in [-0.4, -0.2) is 13.1 Å². The molecule has 1 aromatic rings. The lowest BCUT2D eigenvalue weighted by Gasteiger charge is -1.83. The van der Waals surface area contributed by atoms with Gasteiger partial charge in [0, 0.05) is 6.08 Å². The highest BCUT2D eigenvalue weighted by atomic mass is 16.5. The summed E-state index contributed by atoms with van der Waals surface area (Å²) in [5.74, 6) is -0.394. The second-order valence-corrected chi connectivity index (χ2v) is 1.88. The Morgan fingerprint density at radius 3 is 1.43 bits per heavy atom. The first-order valence-corrected chi connectivity index (χ1v) is 4.01. The van der Waals surface area contributed by atoms with Gasteiger partial charge in [-0.25, -0.2) is 4.79 Å². The average molecular weight is 192 g/mol. The fourth-order valence-electron chi connectivity index (χ4n) is 0.468. The highest BCUT2D eigenvalue weighted by Gasteiger charge is 1.81. The average Bonchev–Trinajstić information content (AvgIpc) is 2.33. The van der Waals surface area contributed by atoms with E-state index in [1.807, 2.05) is 36.4 Å². The fraction of sp³-hybridized carbons (Fsp3) is 0.0833. The molecule has 0 aliphatic rings. The quantitative estimate of drug-likeness (QED) is 0.388. The zero-order chi connectivity index (χ0) is 11.2. The summed E-state index contributed by atoms with van der Waals surface area (Å²) >= 11 is 0. The van der Waals surface area contributed by atoms with Gasteiger partial charge in [0.15, 0.2) is 0 Å². The first kappa shape index (κ1) is 14.7. The molecule has 0 atom stereocenters. The van der Waals surface area contributed by atoms with Crippen LogP contribution in [0.1, 0.15) is 0 Å². The molecule has 0 radical (unpaired) electrons. The molecule has 2 nitrogen and oxygen atoms in total. The maximum atomic E-state index is 9.84. The third kappa shape index (κ3) is 12.8. The normalized spacial score (nSPS) is 6.64. The maximum absolute atomic E-state index is 9.84. The summed E-state index contributed by atoms with van der Waals surface area (Å²) < 4.78 is 4.14. The Balaban J connectivity index is 0. The third-order valence-corrected chi connectivity index (χ3v) is 1.03.